The number of aryl methyl sites for hydroxylation is 1. The highest BCUT2D eigenvalue weighted by Gasteiger charge is 2.05. The zero-order chi connectivity index (χ0) is 18.2. The molecule has 0 aliphatic carbocycles. The number of nitrogens with zero attached hydrogens (tertiary/aromatic N) is 2. The van der Waals surface area contributed by atoms with Gasteiger partial charge in [-0.2, -0.15) is 10.2 Å². The van der Waals surface area contributed by atoms with Gasteiger partial charge in [0, 0.05) is 17.1 Å². The Kier molecular flexibility index (Phi) is 6.12. The van der Waals surface area contributed by atoms with E-state index >= 15 is 0 Å². The van der Waals surface area contributed by atoms with E-state index in [0.717, 1.165) is 22.6 Å². The number of azo groups is 1. The lowest BCUT2D eigenvalue weighted by molar-refractivity contribution is -0.116. The van der Waals surface area contributed by atoms with Crippen molar-refractivity contribution in [2.75, 3.05) is 5.32 Å². The summed E-state index contributed by atoms with van der Waals surface area (Å²) in [5.41, 5.74) is 3.22. The predicted molar refractivity (Wildman–Crippen MR) is 105 cm³/mol. The van der Waals surface area contributed by atoms with Gasteiger partial charge >= 0.3 is 0 Å². The van der Waals surface area contributed by atoms with Crippen LogP contribution in [-0.2, 0) is 11.2 Å². The van der Waals surface area contributed by atoms with Crippen molar-refractivity contribution in [3.63, 3.8) is 0 Å². The van der Waals surface area contributed by atoms with E-state index in [0.29, 0.717) is 17.9 Å². The molecule has 0 aliphatic heterocycles. The maximum atomic E-state index is 12.1. The average Bonchev–Trinajstić information content (AvgIpc) is 2.68. The summed E-state index contributed by atoms with van der Waals surface area (Å²) >= 11 is 6.11. The van der Waals surface area contributed by atoms with E-state index in [9.17, 15) is 4.79 Å². The van der Waals surface area contributed by atoms with Gasteiger partial charge in [-0.05, 0) is 54.4 Å². The standard InChI is InChI=1S/C21H18ClN3O/c22-20-9-5-4-6-16(20)10-15-21(26)23-17-11-13-19(14-12-17)25-24-18-7-2-1-3-8-18/h1-9,11-14H,10,15H2,(H,23,26). The molecule has 3 aromatic carbocycles. The van der Waals surface area contributed by atoms with E-state index in [1.807, 2.05) is 78.9 Å². The molecule has 3 rings (SSSR count). The van der Waals surface area contributed by atoms with Crippen LogP contribution in [0.2, 0.25) is 5.02 Å². The van der Waals surface area contributed by atoms with Gasteiger partial charge in [-0.15, -0.1) is 0 Å². The van der Waals surface area contributed by atoms with Gasteiger partial charge in [0.1, 0.15) is 0 Å². The molecule has 1 amide bonds. The van der Waals surface area contributed by atoms with Gasteiger partial charge in [0.25, 0.3) is 0 Å². The first-order chi connectivity index (χ1) is 12.7. The molecule has 0 aliphatic rings. The van der Waals surface area contributed by atoms with Gasteiger partial charge in [-0.1, -0.05) is 48.0 Å². The lowest BCUT2D eigenvalue weighted by Crippen LogP contribution is -2.12. The second-order valence-corrected chi connectivity index (χ2v) is 6.13. The van der Waals surface area contributed by atoms with Crippen LogP contribution >= 0.6 is 11.6 Å². The maximum Gasteiger partial charge on any atom is 0.224 e. The second kappa shape index (κ2) is 8.92. The Labute approximate surface area is 157 Å². The number of carbonyl (C=O) groups excluding carboxylic acids is 1. The molecule has 0 atom stereocenters. The molecule has 130 valence electrons. The first kappa shape index (κ1) is 17.8. The fourth-order valence-corrected chi connectivity index (χ4v) is 2.62. The second-order valence-electron chi connectivity index (χ2n) is 5.72. The van der Waals surface area contributed by atoms with Crippen molar-refractivity contribution < 1.29 is 4.79 Å². The van der Waals surface area contributed by atoms with Gasteiger partial charge in [0.2, 0.25) is 5.91 Å². The van der Waals surface area contributed by atoms with E-state index in [1.165, 1.54) is 0 Å². The summed E-state index contributed by atoms with van der Waals surface area (Å²) < 4.78 is 0. The highest BCUT2D eigenvalue weighted by atomic mass is 35.5. The molecule has 0 aromatic heterocycles. The molecular formula is C21H18ClN3O. The summed E-state index contributed by atoms with van der Waals surface area (Å²) in [6.07, 6.45) is 0.980. The average molecular weight is 364 g/mol. The molecule has 0 bridgehead atoms. The van der Waals surface area contributed by atoms with Crippen molar-refractivity contribution in [2.45, 2.75) is 12.8 Å². The minimum Gasteiger partial charge on any atom is -0.326 e. The third kappa shape index (κ3) is 5.26. The third-order valence-electron chi connectivity index (χ3n) is 3.77. The number of benzene rings is 3. The van der Waals surface area contributed by atoms with E-state index in [1.54, 1.807) is 0 Å². The molecule has 0 fully saturated rings. The Morgan fingerprint density at radius 3 is 2.12 bits per heavy atom. The molecular weight excluding hydrogens is 346 g/mol. The smallest absolute Gasteiger partial charge is 0.224 e. The van der Waals surface area contributed by atoms with E-state index < -0.39 is 0 Å². The van der Waals surface area contributed by atoms with Crippen LogP contribution in [0, 0.1) is 0 Å². The van der Waals surface area contributed by atoms with Crippen LogP contribution in [0.25, 0.3) is 0 Å². The summed E-state index contributed by atoms with van der Waals surface area (Å²) in [5.74, 6) is -0.0522. The summed E-state index contributed by atoms with van der Waals surface area (Å²) in [6, 6.07) is 24.3. The molecule has 26 heavy (non-hydrogen) atoms. The number of rotatable bonds is 6. The number of halogens is 1. The Morgan fingerprint density at radius 1 is 0.808 bits per heavy atom. The van der Waals surface area contributed by atoms with Crippen LogP contribution < -0.4 is 5.32 Å². The zero-order valence-electron chi connectivity index (χ0n) is 14.1. The first-order valence-corrected chi connectivity index (χ1v) is 8.68. The van der Waals surface area contributed by atoms with Crippen molar-refractivity contribution in [3.8, 4) is 0 Å². The summed E-state index contributed by atoms with van der Waals surface area (Å²) in [5, 5.41) is 11.9. The lowest BCUT2D eigenvalue weighted by atomic mass is 10.1. The van der Waals surface area contributed by atoms with Crippen molar-refractivity contribution >= 4 is 34.6 Å². The highest BCUT2D eigenvalue weighted by molar-refractivity contribution is 6.31. The number of carbonyl (C=O) groups is 1. The third-order valence-corrected chi connectivity index (χ3v) is 4.14. The minimum absolute atomic E-state index is 0.0522. The van der Waals surface area contributed by atoms with Crippen LogP contribution in [0.15, 0.2) is 89.1 Å². The molecule has 0 heterocycles. The predicted octanol–water partition coefficient (Wildman–Crippen LogP) is 6.33. The number of anilines is 1. The number of hydrogen-bond donors (Lipinski definition) is 1. The van der Waals surface area contributed by atoms with Crippen molar-refractivity contribution in [2.24, 2.45) is 10.2 Å². The van der Waals surface area contributed by atoms with Gasteiger partial charge in [0.15, 0.2) is 0 Å². The van der Waals surface area contributed by atoms with Crippen LogP contribution in [-0.4, -0.2) is 5.91 Å². The molecule has 4 nitrogen and oxygen atoms in total. The Hall–Kier alpha value is -2.98. The normalized spacial score (nSPS) is 10.8. The fraction of sp³-hybridized carbons (Fsp3) is 0.0952. The first-order valence-electron chi connectivity index (χ1n) is 8.31. The molecule has 3 aromatic rings. The van der Waals surface area contributed by atoms with Crippen LogP contribution in [0.4, 0.5) is 17.1 Å². The van der Waals surface area contributed by atoms with Crippen LogP contribution in [0.5, 0.6) is 0 Å². The monoisotopic (exact) mass is 363 g/mol. The van der Waals surface area contributed by atoms with Gasteiger partial charge in [0.05, 0.1) is 11.4 Å². The largest absolute Gasteiger partial charge is 0.326 e. The molecule has 0 saturated carbocycles. The number of nitrogens with one attached hydrogen (secondary N) is 1. The Balaban J connectivity index is 1.53. The van der Waals surface area contributed by atoms with Crippen molar-refractivity contribution in [1.82, 2.24) is 0 Å². The maximum absolute atomic E-state index is 12.1. The van der Waals surface area contributed by atoms with Crippen molar-refractivity contribution in [1.29, 1.82) is 0 Å². The van der Waals surface area contributed by atoms with E-state index in [2.05, 4.69) is 15.5 Å². The summed E-state index contributed by atoms with van der Waals surface area (Å²) in [6.45, 7) is 0. The van der Waals surface area contributed by atoms with Gasteiger partial charge < -0.3 is 5.32 Å². The molecule has 1 N–H and O–H groups in total. The molecule has 0 saturated heterocycles. The van der Waals surface area contributed by atoms with Crippen LogP contribution in [0.1, 0.15) is 12.0 Å². The van der Waals surface area contributed by atoms with Gasteiger partial charge in [-0.3, -0.25) is 4.79 Å². The molecule has 5 heteroatoms. The Bertz CT molecular complexity index is 893. The van der Waals surface area contributed by atoms with E-state index in [4.69, 9.17) is 11.6 Å². The highest BCUT2D eigenvalue weighted by Crippen LogP contribution is 2.21. The summed E-state index contributed by atoms with van der Waals surface area (Å²) in [4.78, 5) is 12.1. The van der Waals surface area contributed by atoms with Crippen molar-refractivity contribution in [3.05, 3.63) is 89.4 Å². The van der Waals surface area contributed by atoms with Gasteiger partial charge in [-0.25, -0.2) is 0 Å². The van der Waals surface area contributed by atoms with E-state index in [-0.39, 0.29) is 5.91 Å². The quantitative estimate of drug-likeness (QED) is 0.511. The fourth-order valence-electron chi connectivity index (χ4n) is 2.39. The topological polar surface area (TPSA) is 53.8 Å². The molecule has 0 spiro atoms. The number of hydrogen-bond acceptors (Lipinski definition) is 3. The summed E-state index contributed by atoms with van der Waals surface area (Å²) in [7, 11) is 0. The Morgan fingerprint density at radius 2 is 1.42 bits per heavy atom. The minimum atomic E-state index is -0.0522. The van der Waals surface area contributed by atoms with Crippen LogP contribution in [0.3, 0.4) is 0 Å². The molecule has 0 unspecified atom stereocenters. The lowest BCUT2D eigenvalue weighted by Gasteiger charge is -2.06. The molecule has 0 radical (unpaired) electrons. The SMILES string of the molecule is O=C(CCc1ccccc1Cl)Nc1ccc(N=Nc2ccccc2)cc1. The number of amides is 1. The zero-order valence-corrected chi connectivity index (χ0v) is 14.9.